The highest BCUT2D eigenvalue weighted by atomic mass is 32.1. The molecule has 0 spiro atoms. The van der Waals surface area contributed by atoms with Gasteiger partial charge in [0.25, 0.3) is 0 Å². The van der Waals surface area contributed by atoms with Gasteiger partial charge in [-0.15, -0.1) is 0 Å². The second-order valence-electron chi connectivity index (χ2n) is 7.66. The van der Waals surface area contributed by atoms with Crippen LogP contribution in [0.15, 0.2) is 36.5 Å². The van der Waals surface area contributed by atoms with Gasteiger partial charge in [0.1, 0.15) is 0 Å². The number of unbranched alkanes of at least 4 members (excludes halogenated alkanes) is 3. The molecule has 1 saturated carbocycles. The highest BCUT2D eigenvalue weighted by Crippen LogP contribution is 2.31. The van der Waals surface area contributed by atoms with Gasteiger partial charge in [0, 0.05) is 6.20 Å². The smallest absolute Gasteiger partial charge is 0.0549 e. The van der Waals surface area contributed by atoms with Crippen LogP contribution in [0.3, 0.4) is 0 Å². The first-order valence-corrected chi connectivity index (χ1v) is 10.6. The van der Waals surface area contributed by atoms with Gasteiger partial charge in [-0.2, -0.15) is 0 Å². The third-order valence-corrected chi connectivity index (χ3v) is 6.41. The van der Waals surface area contributed by atoms with Crippen molar-refractivity contribution in [3.05, 3.63) is 42.1 Å². The number of benzene rings is 1. The molecule has 0 unspecified atom stereocenters. The number of nitrogens with zero attached hydrogens (tertiary/aromatic N) is 1. The van der Waals surface area contributed by atoms with Crippen LogP contribution >= 0.6 is 11.5 Å². The van der Waals surface area contributed by atoms with Crippen molar-refractivity contribution in [3.8, 4) is 10.4 Å². The summed E-state index contributed by atoms with van der Waals surface area (Å²) in [5.41, 5.74) is 2.80. The Morgan fingerprint density at radius 3 is 2.62 bits per heavy atom. The van der Waals surface area contributed by atoms with Gasteiger partial charge in [-0.3, -0.25) is 0 Å². The van der Waals surface area contributed by atoms with Crippen LogP contribution in [0.1, 0.15) is 70.3 Å². The number of rotatable bonds is 8. The first-order chi connectivity index (χ1) is 11.8. The monoisotopic (exact) mass is 341 g/mol. The molecule has 0 atom stereocenters. The third-order valence-electron chi connectivity index (χ3n) is 5.61. The molecular formula is C22H31NS. The SMILES string of the molecule is CC1CCC(CCCCCCc2cccc(-c3ccns3)c2)CC1. The van der Waals surface area contributed by atoms with Gasteiger partial charge in [0.2, 0.25) is 0 Å². The summed E-state index contributed by atoms with van der Waals surface area (Å²) in [6.07, 6.45) is 16.1. The third kappa shape index (κ3) is 5.44. The molecule has 1 heterocycles. The van der Waals surface area contributed by atoms with E-state index in [-0.39, 0.29) is 0 Å². The first-order valence-electron chi connectivity index (χ1n) is 9.81. The molecule has 3 rings (SSSR count). The summed E-state index contributed by atoms with van der Waals surface area (Å²) in [6.45, 7) is 2.42. The summed E-state index contributed by atoms with van der Waals surface area (Å²) in [7, 11) is 0. The van der Waals surface area contributed by atoms with Crippen LogP contribution < -0.4 is 0 Å². The fraction of sp³-hybridized carbons (Fsp3) is 0.591. The molecule has 0 bridgehead atoms. The lowest BCUT2D eigenvalue weighted by molar-refractivity contribution is 0.271. The van der Waals surface area contributed by atoms with Gasteiger partial charge >= 0.3 is 0 Å². The van der Waals surface area contributed by atoms with Gasteiger partial charge < -0.3 is 0 Å². The molecular weight excluding hydrogens is 310 g/mol. The van der Waals surface area contributed by atoms with E-state index >= 15 is 0 Å². The summed E-state index contributed by atoms with van der Waals surface area (Å²) in [5, 5.41) is 0. The molecule has 2 aromatic rings. The molecule has 1 nitrogen and oxygen atoms in total. The molecule has 24 heavy (non-hydrogen) atoms. The molecule has 1 aromatic carbocycles. The zero-order valence-corrected chi connectivity index (χ0v) is 15.9. The maximum absolute atomic E-state index is 4.21. The molecule has 0 radical (unpaired) electrons. The molecule has 1 aliphatic carbocycles. The predicted molar refractivity (Wildman–Crippen MR) is 105 cm³/mol. The minimum absolute atomic E-state index is 0.988. The van der Waals surface area contributed by atoms with Gasteiger partial charge in [-0.05, 0) is 53.4 Å². The lowest BCUT2D eigenvalue weighted by Crippen LogP contribution is -2.12. The number of hydrogen-bond donors (Lipinski definition) is 0. The summed E-state index contributed by atoms with van der Waals surface area (Å²) >= 11 is 1.58. The Morgan fingerprint density at radius 1 is 1.00 bits per heavy atom. The Morgan fingerprint density at radius 2 is 1.83 bits per heavy atom. The molecule has 0 aliphatic heterocycles. The average Bonchev–Trinajstić information content (AvgIpc) is 3.14. The van der Waals surface area contributed by atoms with E-state index in [4.69, 9.17) is 0 Å². The summed E-state index contributed by atoms with van der Waals surface area (Å²) < 4.78 is 4.21. The number of aryl methyl sites for hydroxylation is 1. The highest BCUT2D eigenvalue weighted by Gasteiger charge is 2.17. The zero-order chi connectivity index (χ0) is 16.6. The predicted octanol–water partition coefficient (Wildman–Crippen LogP) is 7.13. The topological polar surface area (TPSA) is 12.9 Å². The highest BCUT2D eigenvalue weighted by molar-refractivity contribution is 7.09. The normalized spacial score (nSPS) is 21.0. The second kappa shape index (κ2) is 9.36. The second-order valence-corrected chi connectivity index (χ2v) is 8.49. The van der Waals surface area contributed by atoms with Crippen LogP contribution in [-0.2, 0) is 6.42 Å². The van der Waals surface area contributed by atoms with Crippen LogP contribution in [0.25, 0.3) is 10.4 Å². The Labute approximate surface area is 151 Å². The van der Waals surface area contributed by atoms with Crippen molar-refractivity contribution in [3.63, 3.8) is 0 Å². The molecule has 0 saturated heterocycles. The first kappa shape index (κ1) is 17.7. The Kier molecular flexibility index (Phi) is 6.89. The minimum Gasteiger partial charge on any atom is -0.201 e. The van der Waals surface area contributed by atoms with Gasteiger partial charge in [0.05, 0.1) is 4.88 Å². The van der Waals surface area contributed by atoms with Crippen molar-refractivity contribution < 1.29 is 0 Å². The standard InChI is InChI=1S/C22H31NS/c1-18-11-13-19(14-12-18)7-4-2-3-5-8-20-9-6-10-21(17-20)22-15-16-23-24-22/h6,9-10,15-19H,2-5,7-8,11-14H2,1H3. The lowest BCUT2D eigenvalue weighted by Gasteiger charge is -2.26. The fourth-order valence-electron chi connectivity index (χ4n) is 3.98. The van der Waals surface area contributed by atoms with E-state index in [0.717, 1.165) is 11.8 Å². The maximum Gasteiger partial charge on any atom is 0.0549 e. The van der Waals surface area contributed by atoms with Crippen LogP contribution in [-0.4, -0.2) is 4.37 Å². The van der Waals surface area contributed by atoms with E-state index in [2.05, 4.69) is 41.6 Å². The van der Waals surface area contributed by atoms with E-state index in [1.165, 1.54) is 80.2 Å². The summed E-state index contributed by atoms with van der Waals surface area (Å²) in [4.78, 5) is 1.28. The van der Waals surface area contributed by atoms with E-state index in [1.807, 2.05) is 6.20 Å². The van der Waals surface area contributed by atoms with Crippen LogP contribution in [0.2, 0.25) is 0 Å². The van der Waals surface area contributed by atoms with E-state index < -0.39 is 0 Å². The van der Waals surface area contributed by atoms with Gasteiger partial charge in [0.15, 0.2) is 0 Å². The van der Waals surface area contributed by atoms with Crippen molar-refractivity contribution >= 4 is 11.5 Å². The molecule has 0 N–H and O–H groups in total. The van der Waals surface area contributed by atoms with Crippen molar-refractivity contribution in [1.29, 1.82) is 0 Å². The van der Waals surface area contributed by atoms with Crippen LogP contribution in [0, 0.1) is 11.8 Å². The molecule has 1 aliphatic rings. The number of aromatic nitrogens is 1. The Bertz CT molecular complexity index is 582. The van der Waals surface area contributed by atoms with Crippen molar-refractivity contribution in [2.45, 2.75) is 71.1 Å². The van der Waals surface area contributed by atoms with E-state index in [9.17, 15) is 0 Å². The summed E-state index contributed by atoms with van der Waals surface area (Å²) in [5.74, 6) is 2.03. The Balaban J connectivity index is 1.31. The summed E-state index contributed by atoms with van der Waals surface area (Å²) in [6, 6.07) is 11.1. The fourth-order valence-corrected chi connectivity index (χ4v) is 4.57. The number of hydrogen-bond acceptors (Lipinski definition) is 2. The van der Waals surface area contributed by atoms with E-state index in [1.54, 1.807) is 11.5 Å². The molecule has 2 heteroatoms. The molecule has 1 fully saturated rings. The zero-order valence-electron chi connectivity index (χ0n) is 15.0. The van der Waals surface area contributed by atoms with Gasteiger partial charge in [-0.1, -0.05) is 82.6 Å². The quantitative estimate of drug-likeness (QED) is 0.465. The van der Waals surface area contributed by atoms with Crippen molar-refractivity contribution in [1.82, 2.24) is 4.37 Å². The van der Waals surface area contributed by atoms with Crippen molar-refractivity contribution in [2.24, 2.45) is 11.8 Å². The maximum atomic E-state index is 4.21. The molecule has 0 amide bonds. The molecule has 1 aromatic heterocycles. The van der Waals surface area contributed by atoms with E-state index in [0.29, 0.717) is 0 Å². The van der Waals surface area contributed by atoms with Crippen LogP contribution in [0.5, 0.6) is 0 Å². The lowest BCUT2D eigenvalue weighted by atomic mass is 9.80. The van der Waals surface area contributed by atoms with Crippen molar-refractivity contribution in [2.75, 3.05) is 0 Å². The Hall–Kier alpha value is -1.15. The minimum atomic E-state index is 0.988. The van der Waals surface area contributed by atoms with Gasteiger partial charge in [-0.25, -0.2) is 4.37 Å². The average molecular weight is 342 g/mol. The van der Waals surface area contributed by atoms with Crippen LogP contribution in [0.4, 0.5) is 0 Å². The molecule has 130 valence electrons. The largest absolute Gasteiger partial charge is 0.201 e.